The van der Waals surface area contributed by atoms with Crippen molar-refractivity contribution in [1.29, 1.82) is 0 Å². The highest BCUT2D eigenvalue weighted by Crippen LogP contribution is 2.34. The van der Waals surface area contributed by atoms with Gasteiger partial charge in [0.15, 0.2) is 0 Å². The number of nitro groups is 1. The van der Waals surface area contributed by atoms with E-state index < -0.39 is 0 Å². The molecule has 1 aromatic rings. The Hall–Kier alpha value is -1.58. The van der Waals surface area contributed by atoms with Gasteiger partial charge in [0.05, 0.1) is 4.92 Å². The topological polar surface area (TPSA) is 55.2 Å². The van der Waals surface area contributed by atoms with Crippen molar-refractivity contribution in [2.24, 2.45) is 11.8 Å². The normalized spacial score (nSPS) is 26.3. The van der Waals surface area contributed by atoms with Gasteiger partial charge in [0.2, 0.25) is 0 Å². The first-order valence-corrected chi connectivity index (χ1v) is 7.40. The Kier molecular flexibility index (Phi) is 4.31. The van der Waals surface area contributed by atoms with Crippen LogP contribution in [0.4, 0.5) is 11.4 Å². The Labute approximate surface area is 120 Å². The second-order valence-electron chi connectivity index (χ2n) is 6.36. The van der Waals surface area contributed by atoms with Crippen LogP contribution < -0.4 is 5.32 Å². The summed E-state index contributed by atoms with van der Waals surface area (Å²) in [6.45, 7) is 8.43. The average molecular weight is 276 g/mol. The molecule has 1 saturated carbocycles. The van der Waals surface area contributed by atoms with Crippen molar-refractivity contribution in [2.75, 3.05) is 5.32 Å². The molecule has 1 aliphatic carbocycles. The van der Waals surface area contributed by atoms with Crippen LogP contribution in [0.25, 0.3) is 0 Å². The van der Waals surface area contributed by atoms with Crippen molar-refractivity contribution >= 4 is 11.4 Å². The van der Waals surface area contributed by atoms with E-state index in [0.717, 1.165) is 23.5 Å². The fourth-order valence-electron chi connectivity index (χ4n) is 3.15. The molecule has 4 nitrogen and oxygen atoms in total. The van der Waals surface area contributed by atoms with E-state index in [0.29, 0.717) is 17.6 Å². The first kappa shape index (κ1) is 14.8. The van der Waals surface area contributed by atoms with Gasteiger partial charge in [0.1, 0.15) is 5.69 Å². The predicted molar refractivity (Wildman–Crippen MR) is 82.2 cm³/mol. The zero-order valence-corrected chi connectivity index (χ0v) is 12.8. The summed E-state index contributed by atoms with van der Waals surface area (Å²) in [5, 5.41) is 14.7. The van der Waals surface area contributed by atoms with E-state index in [2.05, 4.69) is 19.2 Å². The van der Waals surface area contributed by atoms with Crippen LogP contribution in [0, 0.1) is 35.8 Å². The first-order chi connectivity index (χ1) is 9.38. The van der Waals surface area contributed by atoms with E-state index in [1.165, 1.54) is 12.8 Å². The molecule has 0 aromatic heterocycles. The van der Waals surface area contributed by atoms with E-state index in [1.54, 1.807) is 6.07 Å². The van der Waals surface area contributed by atoms with Gasteiger partial charge in [-0.15, -0.1) is 0 Å². The van der Waals surface area contributed by atoms with Crippen LogP contribution in [0.15, 0.2) is 12.1 Å². The van der Waals surface area contributed by atoms with Crippen molar-refractivity contribution in [1.82, 2.24) is 0 Å². The van der Waals surface area contributed by atoms with Crippen LogP contribution in [0.5, 0.6) is 0 Å². The number of benzene rings is 1. The van der Waals surface area contributed by atoms with Gasteiger partial charge in [-0.25, -0.2) is 0 Å². The van der Waals surface area contributed by atoms with Gasteiger partial charge in [0, 0.05) is 12.1 Å². The van der Waals surface area contributed by atoms with Crippen LogP contribution in [0.3, 0.4) is 0 Å². The summed E-state index contributed by atoms with van der Waals surface area (Å²) in [7, 11) is 0. The number of hydrogen-bond donors (Lipinski definition) is 1. The van der Waals surface area contributed by atoms with Gasteiger partial charge in [-0.1, -0.05) is 13.8 Å². The molecule has 1 aliphatic rings. The Bertz CT molecular complexity index is 513. The minimum atomic E-state index is -0.287. The van der Waals surface area contributed by atoms with Gasteiger partial charge >= 0.3 is 0 Å². The molecular weight excluding hydrogens is 252 g/mol. The van der Waals surface area contributed by atoms with Crippen molar-refractivity contribution in [3.05, 3.63) is 33.4 Å². The van der Waals surface area contributed by atoms with Crippen LogP contribution in [0.2, 0.25) is 0 Å². The van der Waals surface area contributed by atoms with Gasteiger partial charge in [-0.3, -0.25) is 10.1 Å². The maximum Gasteiger partial charge on any atom is 0.292 e. The number of aryl methyl sites for hydroxylation is 2. The van der Waals surface area contributed by atoms with E-state index in [4.69, 9.17) is 0 Å². The molecule has 4 heteroatoms. The van der Waals surface area contributed by atoms with Crippen LogP contribution in [0.1, 0.15) is 44.2 Å². The van der Waals surface area contributed by atoms with Crippen LogP contribution in [-0.2, 0) is 0 Å². The molecule has 3 unspecified atom stereocenters. The molecule has 0 bridgehead atoms. The van der Waals surface area contributed by atoms with E-state index in [9.17, 15) is 10.1 Å². The molecule has 0 amide bonds. The number of nitrogens with one attached hydrogen (secondary N) is 1. The quantitative estimate of drug-likeness (QED) is 0.655. The average Bonchev–Trinajstić information content (AvgIpc) is 2.36. The third-order valence-electron chi connectivity index (χ3n) is 4.58. The fourth-order valence-corrected chi connectivity index (χ4v) is 3.15. The zero-order valence-electron chi connectivity index (χ0n) is 12.8. The fraction of sp³-hybridized carbons (Fsp3) is 0.625. The monoisotopic (exact) mass is 276 g/mol. The molecule has 0 aliphatic heterocycles. The smallest absolute Gasteiger partial charge is 0.292 e. The lowest BCUT2D eigenvalue weighted by molar-refractivity contribution is -0.384. The van der Waals surface area contributed by atoms with E-state index >= 15 is 0 Å². The Morgan fingerprint density at radius 3 is 2.45 bits per heavy atom. The number of nitrogens with zero attached hydrogens (tertiary/aromatic N) is 1. The van der Waals surface area contributed by atoms with Crippen LogP contribution >= 0.6 is 0 Å². The molecule has 1 fully saturated rings. The molecule has 2 rings (SSSR count). The summed E-state index contributed by atoms with van der Waals surface area (Å²) in [6.07, 6.45) is 3.48. The summed E-state index contributed by atoms with van der Waals surface area (Å²) < 4.78 is 0. The lowest BCUT2D eigenvalue weighted by atomic mass is 9.80. The second-order valence-corrected chi connectivity index (χ2v) is 6.36. The molecule has 0 spiro atoms. The molecule has 20 heavy (non-hydrogen) atoms. The SMILES string of the molecule is Cc1cc(NC2CCC(C)CC2C)c([N+](=O)[O-])cc1C. The lowest BCUT2D eigenvalue weighted by Gasteiger charge is -2.33. The highest BCUT2D eigenvalue weighted by molar-refractivity contribution is 5.65. The Balaban J connectivity index is 2.24. The number of rotatable bonds is 3. The molecule has 1 N–H and O–H groups in total. The predicted octanol–water partition coefficient (Wildman–Crippen LogP) is 4.45. The summed E-state index contributed by atoms with van der Waals surface area (Å²) in [5.41, 5.74) is 2.92. The number of hydrogen-bond acceptors (Lipinski definition) is 3. The highest BCUT2D eigenvalue weighted by Gasteiger charge is 2.27. The van der Waals surface area contributed by atoms with Gasteiger partial charge in [0.25, 0.3) is 5.69 Å². The number of nitro benzene ring substituents is 1. The van der Waals surface area contributed by atoms with Gasteiger partial charge in [-0.2, -0.15) is 0 Å². The largest absolute Gasteiger partial charge is 0.376 e. The molecule has 3 atom stereocenters. The lowest BCUT2D eigenvalue weighted by Crippen LogP contribution is -2.33. The summed E-state index contributed by atoms with van der Waals surface area (Å²) in [6, 6.07) is 3.93. The van der Waals surface area contributed by atoms with E-state index in [-0.39, 0.29) is 10.6 Å². The minimum Gasteiger partial charge on any atom is -0.376 e. The second kappa shape index (κ2) is 5.81. The summed E-state index contributed by atoms with van der Waals surface area (Å²) >= 11 is 0. The molecule has 1 aromatic carbocycles. The third-order valence-corrected chi connectivity index (χ3v) is 4.58. The Morgan fingerprint density at radius 1 is 1.20 bits per heavy atom. The molecule has 0 heterocycles. The first-order valence-electron chi connectivity index (χ1n) is 7.40. The molecule has 0 radical (unpaired) electrons. The Morgan fingerprint density at radius 2 is 1.85 bits per heavy atom. The van der Waals surface area contributed by atoms with Crippen molar-refractivity contribution < 1.29 is 4.92 Å². The van der Waals surface area contributed by atoms with E-state index in [1.807, 2.05) is 19.9 Å². The van der Waals surface area contributed by atoms with Gasteiger partial charge in [-0.05, 0) is 62.1 Å². The minimum absolute atomic E-state index is 0.193. The maximum absolute atomic E-state index is 11.2. The maximum atomic E-state index is 11.2. The van der Waals surface area contributed by atoms with Crippen molar-refractivity contribution in [3.8, 4) is 0 Å². The third kappa shape index (κ3) is 3.11. The zero-order chi connectivity index (χ0) is 14.9. The molecule has 0 saturated heterocycles. The van der Waals surface area contributed by atoms with Crippen molar-refractivity contribution in [3.63, 3.8) is 0 Å². The standard InChI is InChI=1S/C16H24N2O2/c1-10-5-6-14(13(4)7-10)17-15-8-11(2)12(3)9-16(15)18(19)20/h8-10,13-14,17H,5-7H2,1-4H3. The van der Waals surface area contributed by atoms with Crippen molar-refractivity contribution in [2.45, 2.75) is 53.0 Å². The van der Waals surface area contributed by atoms with Crippen LogP contribution in [-0.4, -0.2) is 11.0 Å². The summed E-state index contributed by atoms with van der Waals surface area (Å²) in [4.78, 5) is 10.9. The van der Waals surface area contributed by atoms with Gasteiger partial charge < -0.3 is 5.32 Å². The molecular formula is C16H24N2O2. The number of anilines is 1. The highest BCUT2D eigenvalue weighted by atomic mass is 16.6. The summed E-state index contributed by atoms with van der Waals surface area (Å²) in [5.74, 6) is 1.32. The molecule has 110 valence electrons.